The van der Waals surface area contributed by atoms with Crippen LogP contribution >= 0.6 is 15.9 Å². The minimum Gasteiger partial charge on any atom is -0.310 e. The van der Waals surface area contributed by atoms with Gasteiger partial charge in [0.1, 0.15) is 11.6 Å². The van der Waals surface area contributed by atoms with Gasteiger partial charge in [-0.25, -0.2) is 8.78 Å². The van der Waals surface area contributed by atoms with Gasteiger partial charge in [0.25, 0.3) is 0 Å². The SMILES string of the molecule is CC1C(=O)N(c2cccc(Br)c2)CCN1Cc1c(F)cccc1F. The lowest BCUT2D eigenvalue weighted by Gasteiger charge is -2.39. The minimum atomic E-state index is -0.580. The molecule has 3 nitrogen and oxygen atoms in total. The van der Waals surface area contributed by atoms with Crippen LogP contribution in [0.25, 0.3) is 0 Å². The van der Waals surface area contributed by atoms with E-state index in [1.807, 2.05) is 24.3 Å². The highest BCUT2D eigenvalue weighted by Gasteiger charge is 2.33. The van der Waals surface area contributed by atoms with E-state index in [0.29, 0.717) is 13.1 Å². The lowest BCUT2D eigenvalue weighted by atomic mass is 10.1. The molecule has 1 aliphatic heterocycles. The van der Waals surface area contributed by atoms with Gasteiger partial charge in [0, 0.05) is 35.4 Å². The maximum atomic E-state index is 13.8. The zero-order chi connectivity index (χ0) is 17.3. The maximum absolute atomic E-state index is 13.8. The fourth-order valence-corrected chi connectivity index (χ4v) is 3.30. The summed E-state index contributed by atoms with van der Waals surface area (Å²) in [5.74, 6) is -1.23. The van der Waals surface area contributed by atoms with Crippen molar-refractivity contribution >= 4 is 27.5 Å². The normalized spacial score (nSPS) is 18.9. The Morgan fingerprint density at radius 3 is 2.46 bits per heavy atom. The summed E-state index contributed by atoms with van der Waals surface area (Å²) in [5, 5.41) is 0. The van der Waals surface area contributed by atoms with Gasteiger partial charge in [0.2, 0.25) is 5.91 Å². The third-order valence-corrected chi connectivity index (χ3v) is 4.82. The first-order valence-corrected chi connectivity index (χ1v) is 8.50. The Morgan fingerprint density at radius 1 is 1.12 bits per heavy atom. The monoisotopic (exact) mass is 394 g/mol. The number of halogens is 3. The van der Waals surface area contributed by atoms with Crippen LogP contribution < -0.4 is 4.90 Å². The zero-order valence-electron chi connectivity index (χ0n) is 13.2. The van der Waals surface area contributed by atoms with Crippen molar-refractivity contribution in [1.29, 1.82) is 0 Å². The molecule has 0 radical (unpaired) electrons. The van der Waals surface area contributed by atoms with Crippen molar-refractivity contribution in [1.82, 2.24) is 4.90 Å². The summed E-state index contributed by atoms with van der Waals surface area (Å²) >= 11 is 3.40. The second-order valence-electron chi connectivity index (χ2n) is 5.82. The van der Waals surface area contributed by atoms with Crippen LogP contribution in [0.5, 0.6) is 0 Å². The Hall–Kier alpha value is -1.79. The summed E-state index contributed by atoms with van der Waals surface area (Å²) < 4.78 is 28.6. The Labute approximate surface area is 148 Å². The number of benzene rings is 2. The van der Waals surface area contributed by atoms with Gasteiger partial charge in [0.05, 0.1) is 6.04 Å². The van der Waals surface area contributed by atoms with Crippen molar-refractivity contribution in [2.45, 2.75) is 19.5 Å². The Morgan fingerprint density at radius 2 is 1.79 bits per heavy atom. The molecule has 0 aliphatic carbocycles. The molecule has 1 atom stereocenters. The standard InChI is InChI=1S/C18H17BrF2N2O/c1-12-18(24)23(14-5-2-4-13(19)10-14)9-8-22(12)11-15-16(20)6-3-7-17(15)21/h2-7,10,12H,8-9,11H2,1H3. The second kappa shape index (κ2) is 6.99. The van der Waals surface area contributed by atoms with Crippen LogP contribution in [0.15, 0.2) is 46.9 Å². The van der Waals surface area contributed by atoms with E-state index in [0.717, 1.165) is 10.2 Å². The number of piperazine rings is 1. The summed E-state index contributed by atoms with van der Waals surface area (Å²) in [6.45, 7) is 2.88. The molecule has 0 bridgehead atoms. The quantitative estimate of drug-likeness (QED) is 0.786. The van der Waals surface area contributed by atoms with Crippen molar-refractivity contribution in [3.05, 3.63) is 64.1 Å². The molecule has 3 rings (SSSR count). The van der Waals surface area contributed by atoms with Crippen molar-refractivity contribution in [2.75, 3.05) is 18.0 Å². The van der Waals surface area contributed by atoms with E-state index in [4.69, 9.17) is 0 Å². The minimum absolute atomic E-state index is 0.00746. The number of hydrogen-bond acceptors (Lipinski definition) is 2. The molecule has 6 heteroatoms. The smallest absolute Gasteiger partial charge is 0.244 e. The predicted molar refractivity (Wildman–Crippen MR) is 92.7 cm³/mol. The molecule has 0 N–H and O–H groups in total. The summed E-state index contributed by atoms with van der Waals surface area (Å²) in [4.78, 5) is 16.2. The molecule has 0 aromatic heterocycles. The first-order valence-electron chi connectivity index (χ1n) is 7.71. The molecule has 126 valence electrons. The lowest BCUT2D eigenvalue weighted by molar-refractivity contribution is -0.125. The van der Waals surface area contributed by atoms with Gasteiger partial charge in [-0.3, -0.25) is 9.69 Å². The lowest BCUT2D eigenvalue weighted by Crippen LogP contribution is -2.55. The molecule has 1 fully saturated rings. The highest BCUT2D eigenvalue weighted by molar-refractivity contribution is 9.10. The van der Waals surface area contributed by atoms with Crippen molar-refractivity contribution < 1.29 is 13.6 Å². The van der Waals surface area contributed by atoms with E-state index in [9.17, 15) is 13.6 Å². The zero-order valence-corrected chi connectivity index (χ0v) is 14.8. The third-order valence-electron chi connectivity index (χ3n) is 4.32. The summed E-state index contributed by atoms with van der Waals surface area (Å²) in [6.07, 6.45) is 0. The molecule has 1 saturated heterocycles. The molecule has 0 saturated carbocycles. The molecule has 1 amide bonds. The highest BCUT2D eigenvalue weighted by atomic mass is 79.9. The Balaban J connectivity index is 1.78. The van der Waals surface area contributed by atoms with Crippen molar-refractivity contribution in [2.24, 2.45) is 0 Å². The van der Waals surface area contributed by atoms with Gasteiger partial charge in [0.15, 0.2) is 0 Å². The fraction of sp³-hybridized carbons (Fsp3) is 0.278. The van der Waals surface area contributed by atoms with Crippen molar-refractivity contribution in [3.8, 4) is 0 Å². The van der Waals surface area contributed by atoms with Gasteiger partial charge >= 0.3 is 0 Å². The average Bonchev–Trinajstić information content (AvgIpc) is 2.55. The first-order chi connectivity index (χ1) is 11.5. The van der Waals surface area contributed by atoms with E-state index in [1.54, 1.807) is 16.7 Å². The van der Waals surface area contributed by atoms with Crippen LogP contribution in [0.2, 0.25) is 0 Å². The summed E-state index contributed by atoms with van der Waals surface area (Å²) in [5.41, 5.74) is 0.825. The van der Waals surface area contributed by atoms with E-state index >= 15 is 0 Å². The number of anilines is 1. The van der Waals surface area contributed by atoms with Crippen molar-refractivity contribution in [3.63, 3.8) is 0 Å². The number of carbonyl (C=O) groups is 1. The predicted octanol–water partition coefficient (Wildman–Crippen LogP) is 3.96. The van der Waals surface area contributed by atoms with Crippen LogP contribution in [0.3, 0.4) is 0 Å². The molecule has 2 aromatic carbocycles. The van der Waals surface area contributed by atoms with Gasteiger partial charge in [-0.2, -0.15) is 0 Å². The van der Waals surface area contributed by atoms with Crippen LogP contribution in [0.1, 0.15) is 12.5 Å². The molecular weight excluding hydrogens is 378 g/mol. The van der Waals surface area contributed by atoms with Gasteiger partial charge in [-0.05, 0) is 37.3 Å². The molecule has 0 spiro atoms. The van der Waals surface area contributed by atoms with Crippen LogP contribution in [0, 0.1) is 11.6 Å². The molecule has 24 heavy (non-hydrogen) atoms. The van der Waals surface area contributed by atoms with Gasteiger partial charge in [-0.15, -0.1) is 0 Å². The largest absolute Gasteiger partial charge is 0.310 e. The average molecular weight is 395 g/mol. The topological polar surface area (TPSA) is 23.6 Å². The molecule has 2 aromatic rings. The molecule has 1 aliphatic rings. The number of rotatable bonds is 3. The highest BCUT2D eigenvalue weighted by Crippen LogP contribution is 2.25. The molecule has 1 unspecified atom stereocenters. The summed E-state index contributed by atoms with van der Waals surface area (Å²) in [6, 6.07) is 10.9. The van der Waals surface area contributed by atoms with Crippen LogP contribution in [-0.2, 0) is 11.3 Å². The number of hydrogen-bond donors (Lipinski definition) is 0. The fourth-order valence-electron chi connectivity index (χ4n) is 2.92. The third kappa shape index (κ3) is 3.35. The van der Waals surface area contributed by atoms with E-state index in [1.165, 1.54) is 18.2 Å². The van der Waals surface area contributed by atoms with E-state index in [2.05, 4.69) is 15.9 Å². The van der Waals surface area contributed by atoms with Gasteiger partial charge in [-0.1, -0.05) is 28.1 Å². The summed E-state index contributed by atoms with van der Waals surface area (Å²) in [7, 11) is 0. The van der Waals surface area contributed by atoms with Crippen LogP contribution in [-0.4, -0.2) is 29.9 Å². The van der Waals surface area contributed by atoms with E-state index < -0.39 is 17.7 Å². The number of carbonyl (C=O) groups excluding carboxylic acids is 1. The first kappa shape index (κ1) is 17.0. The number of amides is 1. The number of nitrogens with zero attached hydrogens (tertiary/aromatic N) is 2. The Bertz CT molecular complexity index is 748. The molecular formula is C18H17BrF2N2O. The second-order valence-corrected chi connectivity index (χ2v) is 6.73. The maximum Gasteiger partial charge on any atom is 0.244 e. The van der Waals surface area contributed by atoms with Crippen LogP contribution in [0.4, 0.5) is 14.5 Å². The Kier molecular flexibility index (Phi) is 4.96. The van der Waals surface area contributed by atoms with E-state index in [-0.39, 0.29) is 18.0 Å². The van der Waals surface area contributed by atoms with Gasteiger partial charge < -0.3 is 4.90 Å². The molecule has 1 heterocycles.